The Morgan fingerprint density at radius 3 is 0.986 bits per heavy atom. The topological polar surface area (TPSA) is 456 Å². The number of aliphatic carboxylic acids is 1. The number of nitrogens with one attached hydrogen (secondary N) is 7. The molecule has 6 atom stereocenters. The van der Waals surface area contributed by atoms with Gasteiger partial charge in [-0.3, -0.25) is 19.2 Å². The van der Waals surface area contributed by atoms with Crippen LogP contribution >= 0.6 is 12.4 Å². The molecule has 3 aromatic heterocycles. The molecule has 12 rings (SSSR count). The van der Waals surface area contributed by atoms with Crippen molar-refractivity contribution in [2.45, 2.75) is 231 Å². The number of esters is 2. The van der Waals surface area contributed by atoms with E-state index < -0.39 is 107 Å². The molecule has 33 nitrogen and oxygen atoms in total. The minimum absolute atomic E-state index is 0. The van der Waals surface area contributed by atoms with E-state index in [0.717, 1.165) is 33.5 Å². The van der Waals surface area contributed by atoms with Gasteiger partial charge < -0.3 is 87.3 Å². The molecule has 145 heavy (non-hydrogen) atoms. The molecule has 0 radical (unpaired) electrons. The molecule has 34 heteroatoms. The van der Waals surface area contributed by atoms with Gasteiger partial charge in [0.2, 0.25) is 0 Å². The number of nitrogens with zero attached hydrogens (tertiary/aromatic N) is 6. The van der Waals surface area contributed by atoms with Crippen molar-refractivity contribution in [2.75, 3.05) is 16.0 Å². The Labute approximate surface area is 854 Å². The van der Waals surface area contributed by atoms with E-state index in [-0.39, 0.29) is 62.5 Å². The van der Waals surface area contributed by atoms with Crippen LogP contribution in [-0.2, 0) is 62.4 Å². The largest absolute Gasteiger partial charge is 0.480 e. The molecule has 0 aliphatic rings. The van der Waals surface area contributed by atoms with Crippen molar-refractivity contribution < 1.29 is 86.6 Å². The number of aliphatic hydroxyl groups excluding tert-OH is 1. The van der Waals surface area contributed by atoms with Crippen molar-refractivity contribution in [2.24, 2.45) is 29.2 Å². The van der Waals surface area contributed by atoms with Crippen LogP contribution in [0.5, 0.6) is 0 Å². The van der Waals surface area contributed by atoms with Crippen molar-refractivity contribution in [3.8, 4) is 17.1 Å². The molecule has 3 unspecified atom stereocenters. The van der Waals surface area contributed by atoms with Crippen LogP contribution in [0.15, 0.2) is 255 Å². The molecule has 7 amide bonds. The second-order valence-electron chi connectivity index (χ2n) is 39.0. The fourth-order valence-electron chi connectivity index (χ4n) is 14.2. The number of aromatic nitrogens is 6. The third-order valence-corrected chi connectivity index (χ3v) is 20.9. The Morgan fingerprint density at radius 1 is 0.359 bits per heavy atom. The number of amides is 7. The van der Waals surface area contributed by atoms with Crippen molar-refractivity contribution in [1.82, 2.24) is 50.6 Å². The van der Waals surface area contributed by atoms with Gasteiger partial charge in [0.15, 0.2) is 12.2 Å². The predicted octanol–water partition coefficient (Wildman–Crippen LogP) is 20.4. The molecule has 0 saturated carbocycles. The van der Waals surface area contributed by atoms with Gasteiger partial charge in [0.1, 0.15) is 63.7 Å². The standard InChI is InChI=1S/C40H49N5O7.C30H33N5O3.C30H32N4O4.C10H19NO4.CH4.ClH/c1-25(2)33(43-38(49)52-40(7,8)9)36(47)50-34(28-16-11-10-12-17-28)29-18-14-19-30(23-29)42-35(46)32-21-26(3)44-45(32)31-20-13-15-27(22-31)24-41-37(48)51-39(4,5)6;1-19(2)27(32)30(37)38-28(22-10-5-4-6-11-22)23-12-8-13-24(17-23)33-29(36)26-15-20(3)34-35(26)25-14-7-9-21(16-25)18-31;1-20-16-26(28(36)32-24-14-9-13-23(18-24)27(35)22-11-6-5-7-12-22)34(33-20)25-15-8-10-21(17-25)19-31-29(37)38-30(2,3)4;1-6(2)7(8(12)13)11-9(14)15-10(3,4)5;;/h10-23,25,33-34H,24H2,1-9H3,(H,41,48)(H,42,46)(H,43,49);4-17,19,27-28H,18,31-32H2,1-3H3,(H,33,36);5-18,27,35H,19H2,1-4H3,(H,31,37)(H,32,36);6-7H,1-5H3,(H,11,14)(H,12,13);1H4;1H/t33-,34?;27-,28?;;7-;;/m00.0../s1. The van der Waals surface area contributed by atoms with Crippen molar-refractivity contribution >= 4 is 89.5 Å². The molecule has 0 aliphatic heterocycles. The van der Waals surface area contributed by atoms with Gasteiger partial charge in [-0.05, 0) is 263 Å². The molecule has 0 aliphatic carbocycles. The number of carboxylic acid groups (broad SMARTS) is 1. The lowest BCUT2D eigenvalue weighted by atomic mass is 10.00. The number of carbonyl (C=O) groups excluding carboxylic acids is 9. The van der Waals surface area contributed by atoms with Gasteiger partial charge in [-0.15, -0.1) is 12.4 Å². The summed E-state index contributed by atoms with van der Waals surface area (Å²) in [5, 5.41) is 52.5. The zero-order valence-corrected chi connectivity index (χ0v) is 86.1. The molecule has 12 aromatic rings. The van der Waals surface area contributed by atoms with Crippen molar-refractivity contribution in [3.05, 3.63) is 339 Å². The van der Waals surface area contributed by atoms with Crippen LogP contribution in [0.25, 0.3) is 17.1 Å². The fraction of sp³-hybridized carbons (Fsp3) is 0.342. The highest BCUT2D eigenvalue weighted by Crippen LogP contribution is 2.34. The van der Waals surface area contributed by atoms with E-state index in [4.69, 9.17) is 45.0 Å². The molecule has 0 fully saturated rings. The van der Waals surface area contributed by atoms with Crippen LogP contribution in [0.3, 0.4) is 0 Å². The summed E-state index contributed by atoms with van der Waals surface area (Å²) in [6.07, 6.45) is -4.80. The summed E-state index contributed by atoms with van der Waals surface area (Å²) in [6.45, 7) is 38.3. The number of anilines is 3. The number of benzene rings is 9. The number of hydrogen-bond acceptors (Lipinski definition) is 22. The molecule has 3 heterocycles. The lowest BCUT2D eigenvalue weighted by Crippen LogP contribution is -2.47. The number of carbonyl (C=O) groups is 10. The maximum absolute atomic E-state index is 13.8. The first-order valence-corrected chi connectivity index (χ1v) is 46.9. The van der Waals surface area contributed by atoms with Gasteiger partial charge in [-0.1, -0.05) is 213 Å². The Balaban J connectivity index is 0.000000277. The van der Waals surface area contributed by atoms with Gasteiger partial charge in [-0.25, -0.2) is 42.8 Å². The molecule has 0 saturated heterocycles. The first-order valence-electron chi connectivity index (χ1n) is 46.9. The average Bonchev–Trinajstić information content (AvgIpc) is 1.79. The van der Waals surface area contributed by atoms with Gasteiger partial charge in [0.05, 0.1) is 34.1 Å². The Kier molecular flexibility index (Phi) is 42.8. The molecule has 0 spiro atoms. The number of aliphatic hydroxyl groups is 1. The summed E-state index contributed by atoms with van der Waals surface area (Å²) < 4.78 is 37.7. The lowest BCUT2D eigenvalue weighted by molar-refractivity contribution is -0.151. The highest BCUT2D eigenvalue weighted by Gasteiger charge is 2.34. The summed E-state index contributed by atoms with van der Waals surface area (Å²) in [6, 6.07) is 74.3. The Bertz CT molecular complexity index is 6350. The van der Waals surface area contributed by atoms with E-state index in [0.29, 0.717) is 91.4 Å². The van der Waals surface area contributed by atoms with Gasteiger partial charge >= 0.3 is 42.3 Å². The van der Waals surface area contributed by atoms with E-state index in [9.17, 15) is 53.1 Å². The monoisotopic (exact) mass is 2000 g/mol. The Hall–Kier alpha value is -15.3. The van der Waals surface area contributed by atoms with Crippen molar-refractivity contribution in [1.29, 1.82) is 0 Å². The first-order chi connectivity index (χ1) is 67.4. The van der Waals surface area contributed by atoms with Crippen molar-refractivity contribution in [3.63, 3.8) is 0 Å². The van der Waals surface area contributed by atoms with Crippen LogP contribution in [0.4, 0.5) is 36.2 Å². The summed E-state index contributed by atoms with van der Waals surface area (Å²) in [5.41, 5.74) is 22.8. The van der Waals surface area contributed by atoms with Crippen LogP contribution in [-0.4, -0.2) is 140 Å². The number of hydrogen-bond donors (Lipinski definition) is 11. The number of rotatable bonds is 30. The SMILES string of the molecule is C.CC(C)[C@H](NC(=O)OC(C)(C)C)C(=O)O.Cc1cc(C(=O)Nc2cccc(C(O)c3ccccc3)c2)n(-c2cccc(CNC(=O)OC(C)(C)C)c2)n1.Cc1cc(C(=O)Nc2cccc(C(OC(=O)[C@@H](N)C(C)C)c3ccccc3)c2)n(-c2cccc(CN)c2)n1.Cc1cc(C(=O)Nc2cccc(C(OC(=O)[C@@H](NC(=O)OC(C)(C)C)C(C)C)c3ccccc3)c2)n(-c2cccc(CNC(=O)OC(C)(C)C)c2)n1.Cl. The lowest BCUT2D eigenvalue weighted by Gasteiger charge is -2.27. The number of ether oxygens (including phenoxy) is 6. The summed E-state index contributed by atoms with van der Waals surface area (Å²) >= 11 is 0. The highest BCUT2D eigenvalue weighted by atomic mass is 35.5. The quantitative estimate of drug-likeness (QED) is 0.0147. The Morgan fingerprint density at radius 2 is 0.655 bits per heavy atom. The maximum Gasteiger partial charge on any atom is 0.408 e. The summed E-state index contributed by atoms with van der Waals surface area (Å²) in [4.78, 5) is 126. The number of carboxylic acids is 1. The predicted molar refractivity (Wildman–Crippen MR) is 562 cm³/mol. The summed E-state index contributed by atoms with van der Waals surface area (Å²) in [7, 11) is 0. The molecule has 13 N–H and O–H groups in total. The van der Waals surface area contributed by atoms with E-state index in [1.54, 1.807) is 184 Å². The van der Waals surface area contributed by atoms with Gasteiger partial charge in [-0.2, -0.15) is 15.3 Å². The number of halogens is 1. The third-order valence-electron chi connectivity index (χ3n) is 20.9. The zero-order valence-electron chi connectivity index (χ0n) is 85.2. The van der Waals surface area contributed by atoms with E-state index in [1.807, 2.05) is 230 Å². The number of nitrogens with two attached hydrogens (primary N) is 2. The second kappa shape index (κ2) is 53.1. The number of aryl methyl sites for hydroxylation is 3. The van der Waals surface area contributed by atoms with Crippen LogP contribution in [0.2, 0.25) is 0 Å². The second-order valence-corrected chi connectivity index (χ2v) is 39.0. The van der Waals surface area contributed by atoms with Gasteiger partial charge in [0, 0.05) is 36.7 Å². The normalized spacial score (nSPS) is 12.4. The van der Waals surface area contributed by atoms with Crippen LogP contribution in [0, 0.1) is 38.5 Å². The third kappa shape index (κ3) is 36.9. The molecule has 9 aromatic carbocycles. The van der Waals surface area contributed by atoms with Gasteiger partial charge in [0.25, 0.3) is 17.7 Å². The molecular weight excluding hydrogens is 1870 g/mol. The first kappa shape index (κ1) is 117. The maximum atomic E-state index is 13.8. The van der Waals surface area contributed by atoms with E-state index in [2.05, 4.69) is 52.5 Å². The fourth-order valence-corrected chi connectivity index (χ4v) is 14.2. The minimum Gasteiger partial charge on any atom is -0.480 e. The molecule has 0 bridgehead atoms. The highest BCUT2D eigenvalue weighted by molar-refractivity contribution is 6.05. The average molecular weight is 2010 g/mol. The number of alkyl carbamates (subject to hydrolysis) is 4. The van der Waals surface area contributed by atoms with E-state index in [1.165, 1.54) is 0 Å². The molecule has 772 valence electrons. The van der Waals surface area contributed by atoms with Crippen LogP contribution in [0.1, 0.15) is 249 Å². The smallest absolute Gasteiger partial charge is 0.408 e. The van der Waals surface area contributed by atoms with E-state index >= 15 is 0 Å². The minimum atomic E-state index is -1.06. The zero-order chi connectivity index (χ0) is 105. The summed E-state index contributed by atoms with van der Waals surface area (Å²) in [5.74, 6) is -3.80. The van der Waals surface area contributed by atoms with Crippen LogP contribution < -0.4 is 48.7 Å². The molecular formula is C111H138ClN15O18.